The van der Waals surface area contributed by atoms with E-state index in [0.717, 1.165) is 25.7 Å². The minimum Gasteiger partial charge on any atom is -0.412 e. The third kappa shape index (κ3) is 4.91. The van der Waals surface area contributed by atoms with Crippen LogP contribution in [0.1, 0.15) is 43.6 Å². The van der Waals surface area contributed by atoms with Gasteiger partial charge in [-0.2, -0.15) is 0 Å². The fourth-order valence-corrected chi connectivity index (χ4v) is 4.27. The Kier molecular flexibility index (Phi) is 6.03. The summed E-state index contributed by atoms with van der Waals surface area (Å²) in [6.45, 7) is 0.357. The number of hydrogen-bond acceptors (Lipinski definition) is 6. The SMILES string of the molecule is O=C(NCCc1nnc(S(=O)(=O)Cc2ccccc2)o1)C1CCCCC1. The quantitative estimate of drug-likeness (QED) is 0.794. The smallest absolute Gasteiger partial charge is 0.335 e. The van der Waals surface area contributed by atoms with E-state index in [9.17, 15) is 13.2 Å². The lowest BCUT2D eigenvalue weighted by Crippen LogP contribution is -2.33. The topological polar surface area (TPSA) is 102 Å². The fourth-order valence-electron chi connectivity index (χ4n) is 3.12. The maximum atomic E-state index is 12.3. The molecule has 26 heavy (non-hydrogen) atoms. The predicted octanol–water partition coefficient (Wildman–Crippen LogP) is 2.28. The van der Waals surface area contributed by atoms with Crippen molar-refractivity contribution in [1.29, 1.82) is 0 Å². The number of nitrogens with zero attached hydrogens (tertiary/aromatic N) is 2. The number of carbonyl (C=O) groups is 1. The fraction of sp³-hybridized carbons (Fsp3) is 0.500. The van der Waals surface area contributed by atoms with Crippen LogP contribution in [0, 0.1) is 5.92 Å². The summed E-state index contributed by atoms with van der Waals surface area (Å²) in [6.07, 6.45) is 5.59. The molecule has 1 amide bonds. The first kappa shape index (κ1) is 18.6. The van der Waals surface area contributed by atoms with Gasteiger partial charge in [0.2, 0.25) is 21.6 Å². The second-order valence-corrected chi connectivity index (χ2v) is 8.45. The van der Waals surface area contributed by atoms with E-state index in [1.807, 2.05) is 6.07 Å². The highest BCUT2D eigenvalue weighted by Gasteiger charge is 2.24. The average Bonchev–Trinajstić information content (AvgIpc) is 3.13. The molecule has 1 aromatic heterocycles. The van der Waals surface area contributed by atoms with E-state index in [1.54, 1.807) is 24.3 Å². The number of amides is 1. The Labute approximate surface area is 153 Å². The van der Waals surface area contributed by atoms with Crippen molar-refractivity contribution in [1.82, 2.24) is 15.5 Å². The van der Waals surface area contributed by atoms with Crippen molar-refractivity contribution in [3.63, 3.8) is 0 Å². The van der Waals surface area contributed by atoms with Crippen LogP contribution in [0.3, 0.4) is 0 Å². The minimum absolute atomic E-state index is 0.0566. The monoisotopic (exact) mass is 377 g/mol. The first-order chi connectivity index (χ1) is 12.5. The van der Waals surface area contributed by atoms with Crippen LogP contribution in [0.15, 0.2) is 40.0 Å². The lowest BCUT2D eigenvalue weighted by molar-refractivity contribution is -0.125. The summed E-state index contributed by atoms with van der Waals surface area (Å²) in [6, 6.07) is 8.84. The van der Waals surface area contributed by atoms with Crippen LogP contribution >= 0.6 is 0 Å². The molecule has 1 aromatic carbocycles. The van der Waals surface area contributed by atoms with Crippen LogP contribution in [0.5, 0.6) is 0 Å². The average molecular weight is 377 g/mol. The van der Waals surface area contributed by atoms with Gasteiger partial charge in [-0.15, -0.1) is 5.10 Å². The highest BCUT2D eigenvalue weighted by molar-refractivity contribution is 7.90. The summed E-state index contributed by atoms with van der Waals surface area (Å²) in [4.78, 5) is 12.1. The Hall–Kier alpha value is -2.22. The number of carbonyl (C=O) groups excluding carboxylic acids is 1. The van der Waals surface area contributed by atoms with E-state index in [1.165, 1.54) is 6.42 Å². The molecule has 3 rings (SSSR count). The largest absolute Gasteiger partial charge is 0.412 e. The van der Waals surface area contributed by atoms with Gasteiger partial charge in [-0.25, -0.2) is 8.42 Å². The summed E-state index contributed by atoms with van der Waals surface area (Å²) >= 11 is 0. The summed E-state index contributed by atoms with van der Waals surface area (Å²) in [5.74, 6) is 0.170. The van der Waals surface area contributed by atoms with Gasteiger partial charge in [-0.3, -0.25) is 4.79 Å². The van der Waals surface area contributed by atoms with Gasteiger partial charge in [0.15, 0.2) is 0 Å². The van der Waals surface area contributed by atoms with E-state index in [4.69, 9.17) is 4.42 Å². The Balaban J connectivity index is 1.52. The van der Waals surface area contributed by atoms with E-state index >= 15 is 0 Å². The minimum atomic E-state index is -3.68. The van der Waals surface area contributed by atoms with Crippen LogP contribution in [0.25, 0.3) is 0 Å². The van der Waals surface area contributed by atoms with Crippen LogP contribution in [0.4, 0.5) is 0 Å². The van der Waals surface area contributed by atoms with E-state index < -0.39 is 9.84 Å². The number of nitrogens with one attached hydrogen (secondary N) is 1. The summed E-state index contributed by atoms with van der Waals surface area (Å²) in [7, 11) is -3.68. The van der Waals surface area contributed by atoms with Crippen LogP contribution in [-0.4, -0.2) is 31.1 Å². The number of rotatable bonds is 7. The standard InChI is InChI=1S/C18H23N3O4S/c22-17(15-9-5-2-6-10-15)19-12-11-16-20-21-18(25-16)26(23,24)13-14-7-3-1-4-8-14/h1,3-4,7-8,15H,2,5-6,9-13H2,(H,19,22). The summed E-state index contributed by atoms with van der Waals surface area (Å²) < 4.78 is 30.0. The first-order valence-electron chi connectivity index (χ1n) is 8.91. The summed E-state index contributed by atoms with van der Waals surface area (Å²) in [5, 5.41) is 9.93. The Morgan fingerprint density at radius 1 is 1.12 bits per heavy atom. The van der Waals surface area contributed by atoms with E-state index in [0.29, 0.717) is 18.5 Å². The molecular weight excluding hydrogens is 354 g/mol. The molecule has 2 aromatic rings. The molecule has 8 heteroatoms. The maximum absolute atomic E-state index is 12.3. The molecule has 0 atom stereocenters. The van der Waals surface area contributed by atoms with Crippen molar-refractivity contribution in [3.05, 3.63) is 41.8 Å². The normalized spacial score (nSPS) is 15.7. The Bertz CT molecular complexity index is 827. The number of hydrogen-bond donors (Lipinski definition) is 1. The lowest BCUT2D eigenvalue weighted by Gasteiger charge is -2.20. The van der Waals surface area contributed by atoms with E-state index in [2.05, 4.69) is 15.5 Å². The molecule has 0 bridgehead atoms. The number of sulfone groups is 1. The molecule has 0 radical (unpaired) electrons. The Morgan fingerprint density at radius 2 is 1.85 bits per heavy atom. The highest BCUT2D eigenvalue weighted by Crippen LogP contribution is 2.23. The molecule has 140 valence electrons. The molecule has 0 unspecified atom stereocenters. The zero-order valence-corrected chi connectivity index (χ0v) is 15.4. The van der Waals surface area contributed by atoms with Crippen LogP contribution in [-0.2, 0) is 26.8 Å². The third-order valence-corrected chi connectivity index (χ3v) is 5.94. The second-order valence-electron chi connectivity index (χ2n) is 6.58. The molecule has 1 N–H and O–H groups in total. The van der Waals surface area contributed by atoms with Crippen molar-refractivity contribution in [3.8, 4) is 0 Å². The molecule has 1 saturated carbocycles. The zero-order chi connectivity index (χ0) is 18.4. The molecule has 0 spiro atoms. The van der Waals surface area contributed by atoms with Gasteiger partial charge in [0.25, 0.3) is 0 Å². The lowest BCUT2D eigenvalue weighted by atomic mass is 9.89. The van der Waals surface area contributed by atoms with Gasteiger partial charge in [0, 0.05) is 18.9 Å². The van der Waals surface area contributed by atoms with E-state index in [-0.39, 0.29) is 28.7 Å². The first-order valence-corrected chi connectivity index (χ1v) is 10.6. The van der Waals surface area contributed by atoms with Crippen molar-refractivity contribution in [2.24, 2.45) is 5.92 Å². The Morgan fingerprint density at radius 3 is 2.58 bits per heavy atom. The summed E-state index contributed by atoms with van der Waals surface area (Å²) in [5.41, 5.74) is 0.659. The van der Waals surface area contributed by atoms with Crippen molar-refractivity contribution in [2.45, 2.75) is 49.5 Å². The van der Waals surface area contributed by atoms with Crippen molar-refractivity contribution >= 4 is 15.7 Å². The molecule has 1 fully saturated rings. The second kappa shape index (κ2) is 8.44. The molecule has 0 aliphatic heterocycles. The van der Waals surface area contributed by atoms with Crippen LogP contribution < -0.4 is 5.32 Å². The van der Waals surface area contributed by atoms with Gasteiger partial charge in [0.05, 0.1) is 5.75 Å². The molecule has 7 nitrogen and oxygen atoms in total. The maximum Gasteiger partial charge on any atom is 0.335 e. The van der Waals surface area contributed by atoms with Gasteiger partial charge >= 0.3 is 5.22 Å². The number of benzene rings is 1. The third-order valence-electron chi connectivity index (χ3n) is 4.53. The molecule has 1 aliphatic carbocycles. The van der Waals surface area contributed by atoms with Gasteiger partial charge in [0.1, 0.15) is 0 Å². The predicted molar refractivity (Wildman–Crippen MR) is 94.9 cm³/mol. The molecule has 1 aliphatic rings. The molecule has 0 saturated heterocycles. The molecule has 1 heterocycles. The van der Waals surface area contributed by atoms with Gasteiger partial charge in [-0.1, -0.05) is 54.7 Å². The highest BCUT2D eigenvalue weighted by atomic mass is 32.2. The van der Waals surface area contributed by atoms with Gasteiger partial charge in [-0.05, 0) is 18.4 Å². The van der Waals surface area contributed by atoms with Gasteiger partial charge < -0.3 is 9.73 Å². The zero-order valence-electron chi connectivity index (χ0n) is 14.6. The van der Waals surface area contributed by atoms with Crippen molar-refractivity contribution < 1.29 is 17.6 Å². The van der Waals surface area contributed by atoms with Crippen molar-refractivity contribution in [2.75, 3.05) is 6.54 Å². The number of aromatic nitrogens is 2. The molecular formula is C18H23N3O4S. The van der Waals surface area contributed by atoms with Crippen LogP contribution in [0.2, 0.25) is 0 Å².